The molecule has 0 aliphatic heterocycles. The quantitative estimate of drug-likeness (QED) is 0.539. The van der Waals surface area contributed by atoms with Crippen molar-refractivity contribution in [3.8, 4) is 5.75 Å². The third-order valence-corrected chi connectivity index (χ3v) is 5.90. The number of halogens is 1. The number of carbonyl (C=O) groups excluding carboxylic acids is 1. The van der Waals surface area contributed by atoms with Crippen molar-refractivity contribution in [1.29, 1.82) is 0 Å². The van der Waals surface area contributed by atoms with Crippen LogP contribution in [-0.4, -0.2) is 32.6 Å². The summed E-state index contributed by atoms with van der Waals surface area (Å²) in [4.78, 5) is 12.2. The van der Waals surface area contributed by atoms with Crippen molar-refractivity contribution in [3.05, 3.63) is 35.1 Å². The molecule has 2 aromatic rings. The molecular formula is C18H24ClN5O2S. The third-order valence-electron chi connectivity index (χ3n) is 4.71. The van der Waals surface area contributed by atoms with E-state index in [1.165, 1.54) is 35.7 Å². The van der Waals surface area contributed by atoms with Gasteiger partial charge < -0.3 is 15.9 Å². The lowest BCUT2D eigenvalue weighted by atomic mass is 9.86. The minimum Gasteiger partial charge on any atom is -0.486 e. The summed E-state index contributed by atoms with van der Waals surface area (Å²) in [5.74, 6) is 7.96. The number of nitrogens with one attached hydrogen (secondary N) is 1. The molecule has 1 amide bonds. The van der Waals surface area contributed by atoms with E-state index in [0.717, 1.165) is 6.42 Å². The maximum Gasteiger partial charge on any atom is 0.230 e. The largest absolute Gasteiger partial charge is 0.486 e. The van der Waals surface area contributed by atoms with E-state index in [0.29, 0.717) is 27.7 Å². The SMILES string of the molecule is C[C@H]1CCCC[C@@H]1NC(=O)CSc1nnc(COc2ccc(Cl)cc2)n1N. The number of rotatable bonds is 7. The molecule has 1 aliphatic carbocycles. The Kier molecular flexibility index (Phi) is 6.84. The number of nitrogen functional groups attached to an aromatic ring is 1. The van der Waals surface area contributed by atoms with Gasteiger partial charge in [0.2, 0.25) is 11.1 Å². The molecule has 7 nitrogen and oxygen atoms in total. The second kappa shape index (κ2) is 9.32. The summed E-state index contributed by atoms with van der Waals surface area (Å²) in [5, 5.41) is 12.3. The topological polar surface area (TPSA) is 95.1 Å². The lowest BCUT2D eigenvalue weighted by Gasteiger charge is -2.29. The average molecular weight is 410 g/mol. The first-order valence-electron chi connectivity index (χ1n) is 9.03. The van der Waals surface area contributed by atoms with Crippen LogP contribution in [0.5, 0.6) is 5.75 Å². The van der Waals surface area contributed by atoms with Gasteiger partial charge >= 0.3 is 0 Å². The number of benzene rings is 1. The van der Waals surface area contributed by atoms with Gasteiger partial charge in [-0.05, 0) is 43.0 Å². The minimum atomic E-state index is 0.000661. The second-order valence-corrected chi connectivity index (χ2v) is 8.11. The van der Waals surface area contributed by atoms with Crippen molar-refractivity contribution in [2.45, 2.75) is 50.4 Å². The molecular weight excluding hydrogens is 386 g/mol. The first-order valence-corrected chi connectivity index (χ1v) is 10.4. The third kappa shape index (κ3) is 5.52. The first kappa shape index (κ1) is 19.8. The van der Waals surface area contributed by atoms with Gasteiger partial charge in [-0.25, -0.2) is 4.68 Å². The predicted octanol–water partition coefficient (Wildman–Crippen LogP) is 3.01. The highest BCUT2D eigenvalue weighted by molar-refractivity contribution is 7.99. The molecule has 1 fully saturated rings. The molecule has 3 N–H and O–H groups in total. The van der Waals surface area contributed by atoms with Crippen LogP contribution in [0.3, 0.4) is 0 Å². The number of thioether (sulfide) groups is 1. The fourth-order valence-corrected chi connectivity index (χ4v) is 3.90. The monoisotopic (exact) mass is 409 g/mol. The fraction of sp³-hybridized carbons (Fsp3) is 0.500. The van der Waals surface area contributed by atoms with E-state index in [1.807, 2.05) is 0 Å². The zero-order valence-corrected chi connectivity index (χ0v) is 16.8. The summed E-state index contributed by atoms with van der Waals surface area (Å²) >= 11 is 7.12. The number of nitrogens with two attached hydrogens (primary N) is 1. The maximum absolute atomic E-state index is 12.2. The highest BCUT2D eigenvalue weighted by Crippen LogP contribution is 2.24. The van der Waals surface area contributed by atoms with Crippen molar-refractivity contribution in [2.75, 3.05) is 11.6 Å². The Balaban J connectivity index is 1.48. The van der Waals surface area contributed by atoms with Crippen LogP contribution >= 0.6 is 23.4 Å². The molecule has 1 saturated carbocycles. The van der Waals surface area contributed by atoms with Crippen LogP contribution in [0.4, 0.5) is 0 Å². The van der Waals surface area contributed by atoms with E-state index >= 15 is 0 Å². The van der Waals surface area contributed by atoms with Crippen molar-refractivity contribution in [3.63, 3.8) is 0 Å². The normalized spacial score (nSPS) is 19.6. The molecule has 146 valence electrons. The lowest BCUT2D eigenvalue weighted by molar-refractivity contribution is -0.119. The van der Waals surface area contributed by atoms with Gasteiger partial charge in [0, 0.05) is 11.1 Å². The molecule has 1 heterocycles. The van der Waals surface area contributed by atoms with Gasteiger partial charge in [-0.3, -0.25) is 4.79 Å². The zero-order valence-electron chi connectivity index (χ0n) is 15.2. The molecule has 3 rings (SSSR count). The lowest BCUT2D eigenvalue weighted by Crippen LogP contribution is -2.41. The van der Waals surface area contributed by atoms with E-state index in [1.54, 1.807) is 24.3 Å². The van der Waals surface area contributed by atoms with Crippen LogP contribution in [0.2, 0.25) is 5.02 Å². The van der Waals surface area contributed by atoms with Gasteiger partial charge in [0.1, 0.15) is 12.4 Å². The second-order valence-electron chi connectivity index (χ2n) is 6.74. The van der Waals surface area contributed by atoms with Crippen LogP contribution in [0.25, 0.3) is 0 Å². The molecule has 0 spiro atoms. The smallest absolute Gasteiger partial charge is 0.230 e. The van der Waals surface area contributed by atoms with E-state index < -0.39 is 0 Å². The van der Waals surface area contributed by atoms with Gasteiger partial charge in [-0.1, -0.05) is 43.1 Å². The number of aromatic nitrogens is 3. The summed E-state index contributed by atoms with van der Waals surface area (Å²) in [6.07, 6.45) is 4.65. The summed E-state index contributed by atoms with van der Waals surface area (Å²) in [5.41, 5.74) is 0. The number of nitrogens with zero attached hydrogens (tertiary/aromatic N) is 3. The molecule has 9 heteroatoms. The van der Waals surface area contributed by atoms with E-state index in [-0.39, 0.29) is 24.3 Å². The molecule has 0 radical (unpaired) electrons. The Labute approximate surface area is 168 Å². The van der Waals surface area contributed by atoms with Crippen LogP contribution in [-0.2, 0) is 11.4 Å². The number of amides is 1. The molecule has 0 saturated heterocycles. The molecule has 1 aromatic heterocycles. The van der Waals surface area contributed by atoms with Crippen molar-refractivity contribution < 1.29 is 9.53 Å². The highest BCUT2D eigenvalue weighted by Gasteiger charge is 2.23. The summed E-state index contributed by atoms with van der Waals surface area (Å²) in [6, 6.07) is 7.30. The average Bonchev–Trinajstić information content (AvgIpc) is 3.01. The van der Waals surface area contributed by atoms with Crippen LogP contribution in [0.15, 0.2) is 29.4 Å². The molecule has 2 atom stereocenters. The Bertz CT molecular complexity index is 768. The van der Waals surface area contributed by atoms with Gasteiger partial charge in [0.25, 0.3) is 0 Å². The van der Waals surface area contributed by atoms with Crippen molar-refractivity contribution >= 4 is 29.3 Å². The molecule has 0 bridgehead atoms. The standard InChI is InChI=1S/C18H24ClN5O2S/c1-12-4-2-3-5-15(12)21-17(25)11-27-18-23-22-16(24(18)20)10-26-14-8-6-13(19)7-9-14/h6-9,12,15H,2-5,10-11,20H2,1H3,(H,21,25)/t12-,15-/m0/s1. The van der Waals surface area contributed by atoms with E-state index in [2.05, 4.69) is 22.4 Å². The van der Waals surface area contributed by atoms with Crippen LogP contribution < -0.4 is 15.9 Å². The van der Waals surface area contributed by atoms with Gasteiger partial charge in [0.05, 0.1) is 5.75 Å². The highest BCUT2D eigenvalue weighted by atomic mass is 35.5. The number of hydrogen-bond acceptors (Lipinski definition) is 6. The Morgan fingerprint density at radius 2 is 2.07 bits per heavy atom. The van der Waals surface area contributed by atoms with E-state index in [9.17, 15) is 4.79 Å². The zero-order chi connectivity index (χ0) is 19.2. The molecule has 1 aliphatic rings. The number of ether oxygens (including phenoxy) is 1. The van der Waals surface area contributed by atoms with Gasteiger partial charge in [-0.15, -0.1) is 10.2 Å². The summed E-state index contributed by atoms with van der Waals surface area (Å²) in [6.45, 7) is 2.37. The number of carbonyl (C=O) groups is 1. The minimum absolute atomic E-state index is 0.000661. The number of hydrogen-bond donors (Lipinski definition) is 2. The van der Waals surface area contributed by atoms with Crippen molar-refractivity contribution in [2.24, 2.45) is 5.92 Å². The Morgan fingerprint density at radius 3 is 2.81 bits per heavy atom. The Morgan fingerprint density at radius 1 is 1.33 bits per heavy atom. The Hall–Kier alpha value is -1.93. The first-order chi connectivity index (χ1) is 13.0. The van der Waals surface area contributed by atoms with Gasteiger partial charge in [0.15, 0.2) is 5.82 Å². The van der Waals surface area contributed by atoms with Crippen LogP contribution in [0.1, 0.15) is 38.4 Å². The molecule has 1 aromatic carbocycles. The predicted molar refractivity (Wildman–Crippen MR) is 106 cm³/mol. The maximum atomic E-state index is 12.2. The van der Waals surface area contributed by atoms with Crippen molar-refractivity contribution in [1.82, 2.24) is 20.2 Å². The molecule has 27 heavy (non-hydrogen) atoms. The summed E-state index contributed by atoms with van der Waals surface area (Å²) in [7, 11) is 0. The molecule has 0 unspecified atom stereocenters. The summed E-state index contributed by atoms with van der Waals surface area (Å²) < 4.78 is 6.99. The van der Waals surface area contributed by atoms with Gasteiger partial charge in [-0.2, -0.15) is 0 Å². The van der Waals surface area contributed by atoms with E-state index in [4.69, 9.17) is 22.2 Å². The fourth-order valence-electron chi connectivity index (χ4n) is 3.09. The van der Waals surface area contributed by atoms with Crippen LogP contribution in [0, 0.1) is 5.92 Å².